The number of benzene rings is 1. The van der Waals surface area contributed by atoms with Gasteiger partial charge in [-0.05, 0) is 24.8 Å². The van der Waals surface area contributed by atoms with Gasteiger partial charge in [0, 0.05) is 17.4 Å². The van der Waals surface area contributed by atoms with E-state index in [-0.39, 0.29) is 5.69 Å². The van der Waals surface area contributed by atoms with Gasteiger partial charge in [-0.3, -0.25) is 0 Å². The van der Waals surface area contributed by atoms with Crippen LogP contribution in [0.2, 0.25) is 0 Å². The number of nitrogens with one attached hydrogen (secondary N) is 2. The molecule has 3 rings (SSSR count). The minimum atomic E-state index is -0.925. The third-order valence-electron chi connectivity index (χ3n) is 2.45. The number of aromatic amines is 1. The predicted molar refractivity (Wildman–Crippen MR) is 67.0 cm³/mol. The molecule has 3 N–H and O–H groups in total. The van der Waals surface area contributed by atoms with Crippen molar-refractivity contribution in [3.8, 4) is 0 Å². The molecule has 1 aromatic heterocycles. The van der Waals surface area contributed by atoms with Gasteiger partial charge in [-0.15, -0.1) is 0 Å². The van der Waals surface area contributed by atoms with Crippen molar-refractivity contribution < 1.29 is 9.90 Å². The van der Waals surface area contributed by atoms with Gasteiger partial charge >= 0.3 is 5.97 Å². The van der Waals surface area contributed by atoms with Crippen LogP contribution in [-0.4, -0.2) is 22.6 Å². The Labute approximate surface area is 99.0 Å². The van der Waals surface area contributed by atoms with Crippen molar-refractivity contribution >= 4 is 16.9 Å². The van der Waals surface area contributed by atoms with E-state index in [1.807, 2.05) is 30.5 Å². The second-order valence-electron chi connectivity index (χ2n) is 3.72. The summed E-state index contributed by atoms with van der Waals surface area (Å²) >= 11 is 0. The topological polar surface area (TPSA) is 65.1 Å². The lowest BCUT2D eigenvalue weighted by Crippen LogP contribution is -1.96. The molecule has 0 aliphatic carbocycles. The van der Waals surface area contributed by atoms with Crippen molar-refractivity contribution in [1.82, 2.24) is 10.3 Å². The Morgan fingerprint density at radius 3 is 2.65 bits per heavy atom. The van der Waals surface area contributed by atoms with E-state index in [2.05, 4.69) is 16.4 Å². The second-order valence-corrected chi connectivity index (χ2v) is 3.72. The van der Waals surface area contributed by atoms with Crippen molar-refractivity contribution in [1.29, 1.82) is 0 Å². The summed E-state index contributed by atoms with van der Waals surface area (Å²) in [6.07, 6.45) is 5.32. The number of carboxylic acids is 1. The summed E-state index contributed by atoms with van der Waals surface area (Å²) in [5, 5.41) is 12.6. The summed E-state index contributed by atoms with van der Waals surface area (Å²) in [6, 6.07) is 9.09. The van der Waals surface area contributed by atoms with Gasteiger partial charge in [0.2, 0.25) is 0 Å². The molecule has 1 aromatic carbocycles. The number of hydrogen-bond acceptors (Lipinski definition) is 2. The highest BCUT2D eigenvalue weighted by molar-refractivity contribution is 5.93. The van der Waals surface area contributed by atoms with E-state index in [4.69, 9.17) is 5.11 Å². The molecular weight excluding hydrogens is 216 g/mol. The summed E-state index contributed by atoms with van der Waals surface area (Å²) in [5.41, 5.74) is 1.09. The third-order valence-corrected chi connectivity index (χ3v) is 2.45. The number of para-hydroxylation sites is 1. The molecule has 0 saturated heterocycles. The Hall–Kier alpha value is -2.23. The Morgan fingerprint density at radius 2 is 2.12 bits per heavy atom. The van der Waals surface area contributed by atoms with Crippen LogP contribution >= 0.6 is 0 Å². The number of rotatable bonds is 1. The average Bonchev–Trinajstić information content (AvgIpc) is 3.01. The van der Waals surface area contributed by atoms with Crippen LogP contribution in [0.5, 0.6) is 0 Å². The molecule has 4 nitrogen and oxygen atoms in total. The first-order chi connectivity index (χ1) is 8.27. The van der Waals surface area contributed by atoms with Crippen LogP contribution < -0.4 is 5.32 Å². The first-order valence-corrected chi connectivity index (χ1v) is 5.47. The van der Waals surface area contributed by atoms with Crippen molar-refractivity contribution in [3.63, 3.8) is 0 Å². The van der Waals surface area contributed by atoms with E-state index in [1.165, 1.54) is 6.42 Å². The zero-order valence-corrected chi connectivity index (χ0v) is 9.31. The molecule has 0 atom stereocenters. The molecule has 0 bridgehead atoms. The van der Waals surface area contributed by atoms with Crippen LogP contribution in [0.4, 0.5) is 0 Å². The monoisotopic (exact) mass is 230 g/mol. The lowest BCUT2D eigenvalue weighted by atomic mass is 10.2. The van der Waals surface area contributed by atoms with E-state index in [1.54, 1.807) is 6.07 Å². The lowest BCUT2D eigenvalue weighted by molar-refractivity contribution is 0.0691. The van der Waals surface area contributed by atoms with E-state index in [0.717, 1.165) is 17.4 Å². The summed E-state index contributed by atoms with van der Waals surface area (Å²) in [5.74, 6) is -0.925. The summed E-state index contributed by atoms with van der Waals surface area (Å²) < 4.78 is 0. The summed E-state index contributed by atoms with van der Waals surface area (Å²) in [6.45, 7) is 1.14. The lowest BCUT2D eigenvalue weighted by Gasteiger charge is -1.84. The van der Waals surface area contributed by atoms with Crippen molar-refractivity contribution in [2.45, 2.75) is 6.42 Å². The van der Waals surface area contributed by atoms with Crippen molar-refractivity contribution in [2.75, 3.05) is 6.54 Å². The van der Waals surface area contributed by atoms with Gasteiger partial charge in [0.1, 0.15) is 5.69 Å². The molecule has 4 heteroatoms. The standard InChI is InChI=1S/C9H7NO2.C4H7N/c11-9(12)8-5-6-3-1-2-4-7(6)10-8;1-2-4-5-3-1/h1-5,10H,(H,11,12);1,3,5H,2,4H2. The van der Waals surface area contributed by atoms with E-state index >= 15 is 0 Å². The maximum absolute atomic E-state index is 10.5. The van der Waals surface area contributed by atoms with Gasteiger partial charge in [-0.1, -0.05) is 24.3 Å². The fourth-order valence-electron chi connectivity index (χ4n) is 1.61. The van der Waals surface area contributed by atoms with Crippen LogP contribution in [0.25, 0.3) is 10.9 Å². The number of aromatic carboxylic acids is 1. The number of carbonyl (C=O) groups is 1. The van der Waals surface area contributed by atoms with Gasteiger partial charge in [-0.25, -0.2) is 4.79 Å². The smallest absolute Gasteiger partial charge is 0.352 e. The number of fused-ring (bicyclic) bond motifs is 1. The maximum atomic E-state index is 10.5. The van der Waals surface area contributed by atoms with Crippen LogP contribution in [0.3, 0.4) is 0 Å². The molecule has 0 saturated carbocycles. The largest absolute Gasteiger partial charge is 0.477 e. The quantitative estimate of drug-likeness (QED) is 0.704. The fourth-order valence-corrected chi connectivity index (χ4v) is 1.61. The highest BCUT2D eigenvalue weighted by atomic mass is 16.4. The Kier molecular flexibility index (Phi) is 3.45. The van der Waals surface area contributed by atoms with E-state index < -0.39 is 5.97 Å². The molecule has 0 amide bonds. The number of hydrogen-bond donors (Lipinski definition) is 3. The normalized spacial score (nSPS) is 12.9. The highest BCUT2D eigenvalue weighted by Crippen LogP contribution is 2.13. The molecule has 1 aliphatic rings. The van der Waals surface area contributed by atoms with E-state index in [0.29, 0.717) is 0 Å². The SMILES string of the molecule is C1=CNCC1.O=C(O)c1cc2ccccc2[nH]1. The molecule has 2 aromatic rings. The molecule has 0 spiro atoms. The zero-order valence-electron chi connectivity index (χ0n) is 9.31. The Bertz CT molecular complexity index is 504. The molecule has 88 valence electrons. The van der Waals surface area contributed by atoms with Gasteiger partial charge < -0.3 is 15.4 Å². The molecule has 1 aliphatic heterocycles. The van der Waals surface area contributed by atoms with Crippen LogP contribution in [0.15, 0.2) is 42.6 Å². The number of carboxylic acid groups (broad SMARTS) is 1. The molecule has 0 unspecified atom stereocenters. The van der Waals surface area contributed by atoms with Crippen LogP contribution in [0.1, 0.15) is 16.9 Å². The minimum Gasteiger partial charge on any atom is -0.477 e. The molecular formula is C13H14N2O2. The summed E-state index contributed by atoms with van der Waals surface area (Å²) in [4.78, 5) is 13.3. The molecule has 0 fully saturated rings. The average molecular weight is 230 g/mol. The van der Waals surface area contributed by atoms with Gasteiger partial charge in [0.25, 0.3) is 0 Å². The predicted octanol–water partition coefficient (Wildman–Crippen LogP) is 2.36. The maximum Gasteiger partial charge on any atom is 0.352 e. The number of aromatic nitrogens is 1. The van der Waals surface area contributed by atoms with Gasteiger partial charge in [0.05, 0.1) is 0 Å². The first-order valence-electron chi connectivity index (χ1n) is 5.47. The molecule has 17 heavy (non-hydrogen) atoms. The zero-order chi connectivity index (χ0) is 12.1. The third kappa shape index (κ3) is 2.87. The Balaban J connectivity index is 0.000000181. The summed E-state index contributed by atoms with van der Waals surface area (Å²) in [7, 11) is 0. The molecule has 0 radical (unpaired) electrons. The fraction of sp³-hybridized carbons (Fsp3) is 0.154. The van der Waals surface area contributed by atoms with Crippen molar-refractivity contribution in [3.05, 3.63) is 48.3 Å². The number of H-pyrrole nitrogens is 1. The van der Waals surface area contributed by atoms with Gasteiger partial charge in [-0.2, -0.15) is 0 Å². The van der Waals surface area contributed by atoms with Gasteiger partial charge in [0.15, 0.2) is 0 Å². The minimum absolute atomic E-state index is 0.233. The Morgan fingerprint density at radius 1 is 1.29 bits per heavy atom. The van der Waals surface area contributed by atoms with Crippen LogP contribution in [-0.2, 0) is 0 Å². The van der Waals surface area contributed by atoms with E-state index in [9.17, 15) is 4.79 Å². The van der Waals surface area contributed by atoms with Crippen LogP contribution in [0, 0.1) is 0 Å². The first kappa shape index (κ1) is 11.3. The second kappa shape index (κ2) is 5.21. The van der Waals surface area contributed by atoms with Crippen molar-refractivity contribution in [2.24, 2.45) is 0 Å². The highest BCUT2D eigenvalue weighted by Gasteiger charge is 2.05. The molecule has 2 heterocycles.